The van der Waals surface area contributed by atoms with Crippen molar-refractivity contribution >= 4 is 11.7 Å². The van der Waals surface area contributed by atoms with Crippen LogP contribution in [0.1, 0.15) is 23.0 Å². The van der Waals surface area contributed by atoms with Crippen molar-refractivity contribution in [3.05, 3.63) is 77.9 Å². The summed E-state index contributed by atoms with van der Waals surface area (Å²) in [6, 6.07) is 15.4. The fourth-order valence-corrected chi connectivity index (χ4v) is 2.74. The molecule has 0 spiro atoms. The maximum atomic E-state index is 12.6. The summed E-state index contributed by atoms with van der Waals surface area (Å²) in [5, 5.41) is 14.7. The molecule has 2 aromatic carbocycles. The summed E-state index contributed by atoms with van der Waals surface area (Å²) in [7, 11) is 3.46. The van der Waals surface area contributed by atoms with Gasteiger partial charge in [0.25, 0.3) is 0 Å². The Balaban J connectivity index is 1.86. The highest BCUT2D eigenvalue weighted by Crippen LogP contribution is 2.24. The number of aryl methyl sites for hydroxylation is 1. The first-order valence-corrected chi connectivity index (χ1v) is 8.29. The van der Waals surface area contributed by atoms with E-state index >= 15 is 0 Å². The summed E-state index contributed by atoms with van der Waals surface area (Å²) in [5.74, 6) is 1.37. The number of carbonyl (C=O) groups is 1. The smallest absolute Gasteiger partial charge is 0.320 e. The Hall–Kier alpha value is -3.79. The van der Waals surface area contributed by atoms with Crippen LogP contribution in [0.15, 0.2) is 60.9 Å². The van der Waals surface area contributed by atoms with Crippen LogP contribution in [0.25, 0.3) is 0 Å². The predicted octanol–water partition coefficient (Wildman–Crippen LogP) is 3.21. The number of hydrogen-bond donors (Lipinski definition) is 2. The number of urea groups is 1. The molecule has 0 fully saturated rings. The molecule has 1 aromatic heterocycles. The molecule has 7 nitrogen and oxygen atoms in total. The van der Waals surface area contributed by atoms with E-state index in [-0.39, 0.29) is 0 Å². The third-order valence-electron chi connectivity index (χ3n) is 4.07. The summed E-state index contributed by atoms with van der Waals surface area (Å²) in [5.41, 5.74) is 1.85. The second-order valence-corrected chi connectivity index (χ2v) is 5.90. The summed E-state index contributed by atoms with van der Waals surface area (Å²) < 4.78 is 7.14. The Morgan fingerprint density at radius 3 is 2.78 bits per heavy atom. The Morgan fingerprint density at radius 2 is 2.07 bits per heavy atom. The molecule has 3 aromatic rings. The number of nitriles is 1. The average molecular weight is 361 g/mol. The van der Waals surface area contributed by atoms with Gasteiger partial charge in [-0.3, -0.25) is 0 Å². The van der Waals surface area contributed by atoms with E-state index < -0.39 is 12.1 Å². The Labute approximate surface area is 157 Å². The van der Waals surface area contributed by atoms with E-state index in [4.69, 9.17) is 10.00 Å². The summed E-state index contributed by atoms with van der Waals surface area (Å²) in [6.45, 7) is 0. The van der Waals surface area contributed by atoms with Gasteiger partial charge >= 0.3 is 6.03 Å². The SMILES string of the molecule is COc1cccc(C(NC(=O)Nc2cccc(C#N)c2)c2nccn2C)c1. The molecule has 1 atom stereocenters. The molecular weight excluding hydrogens is 342 g/mol. The van der Waals surface area contributed by atoms with Gasteiger partial charge in [-0.2, -0.15) is 5.26 Å². The van der Waals surface area contributed by atoms with Crippen LogP contribution in [0, 0.1) is 11.3 Å². The molecule has 7 heteroatoms. The topological polar surface area (TPSA) is 92.0 Å². The lowest BCUT2D eigenvalue weighted by atomic mass is 10.1. The number of carbonyl (C=O) groups excluding carboxylic acids is 1. The van der Waals surface area contributed by atoms with E-state index in [1.165, 1.54) is 0 Å². The third kappa shape index (κ3) is 4.25. The molecule has 136 valence electrons. The summed E-state index contributed by atoms with van der Waals surface area (Å²) in [6.07, 6.45) is 3.50. The predicted molar refractivity (Wildman–Crippen MR) is 101 cm³/mol. The largest absolute Gasteiger partial charge is 0.497 e. The van der Waals surface area contributed by atoms with E-state index in [1.807, 2.05) is 42.1 Å². The maximum Gasteiger partial charge on any atom is 0.320 e. The number of anilines is 1. The van der Waals surface area contributed by atoms with Crippen molar-refractivity contribution in [2.24, 2.45) is 7.05 Å². The van der Waals surface area contributed by atoms with Gasteiger partial charge in [0, 0.05) is 25.1 Å². The van der Waals surface area contributed by atoms with Gasteiger partial charge in [0.05, 0.1) is 18.7 Å². The Morgan fingerprint density at radius 1 is 1.26 bits per heavy atom. The van der Waals surface area contributed by atoms with Gasteiger partial charge in [-0.15, -0.1) is 0 Å². The van der Waals surface area contributed by atoms with Crippen LogP contribution >= 0.6 is 0 Å². The number of amides is 2. The molecule has 2 amide bonds. The normalized spacial score (nSPS) is 11.3. The van der Waals surface area contributed by atoms with Gasteiger partial charge in [-0.25, -0.2) is 9.78 Å². The number of ether oxygens (including phenoxy) is 1. The minimum absolute atomic E-state index is 0.402. The van der Waals surface area contributed by atoms with Crippen LogP contribution in [0.2, 0.25) is 0 Å². The van der Waals surface area contributed by atoms with Crippen molar-refractivity contribution in [1.29, 1.82) is 5.26 Å². The van der Waals surface area contributed by atoms with E-state index in [0.29, 0.717) is 22.8 Å². The zero-order chi connectivity index (χ0) is 19.2. The van der Waals surface area contributed by atoms with Crippen LogP contribution in [0.3, 0.4) is 0 Å². The first-order chi connectivity index (χ1) is 13.1. The third-order valence-corrected chi connectivity index (χ3v) is 4.07. The molecule has 1 heterocycles. The lowest BCUT2D eigenvalue weighted by molar-refractivity contribution is 0.249. The molecule has 0 aliphatic rings. The number of benzene rings is 2. The minimum atomic E-state index is -0.473. The molecule has 0 saturated heterocycles. The lowest BCUT2D eigenvalue weighted by Gasteiger charge is -2.20. The zero-order valence-electron chi connectivity index (χ0n) is 15.0. The minimum Gasteiger partial charge on any atom is -0.497 e. The van der Waals surface area contributed by atoms with E-state index in [0.717, 1.165) is 5.56 Å². The molecular formula is C20H19N5O2. The molecule has 2 N–H and O–H groups in total. The Kier molecular flexibility index (Phi) is 5.38. The van der Waals surface area contributed by atoms with Crippen molar-refractivity contribution < 1.29 is 9.53 Å². The molecule has 3 rings (SSSR count). The maximum absolute atomic E-state index is 12.6. The van der Waals surface area contributed by atoms with Crippen LogP contribution in [0.4, 0.5) is 10.5 Å². The second-order valence-electron chi connectivity index (χ2n) is 5.90. The quantitative estimate of drug-likeness (QED) is 0.730. The van der Waals surface area contributed by atoms with Crippen molar-refractivity contribution in [1.82, 2.24) is 14.9 Å². The molecule has 0 saturated carbocycles. The molecule has 0 bridgehead atoms. The van der Waals surface area contributed by atoms with Crippen molar-refractivity contribution in [2.75, 3.05) is 12.4 Å². The van der Waals surface area contributed by atoms with Gasteiger partial charge in [-0.1, -0.05) is 18.2 Å². The van der Waals surface area contributed by atoms with Crippen molar-refractivity contribution in [3.8, 4) is 11.8 Å². The number of aromatic nitrogens is 2. The number of nitrogens with one attached hydrogen (secondary N) is 2. The van der Waals surface area contributed by atoms with Gasteiger partial charge in [0.15, 0.2) is 0 Å². The standard InChI is InChI=1S/C20H19N5O2/c1-25-10-9-22-19(25)18(15-6-4-8-17(12-15)27-2)24-20(26)23-16-7-3-5-14(11-16)13-21/h3-12,18H,1-2H3,(H2,23,24,26). The number of nitrogens with zero attached hydrogens (tertiary/aromatic N) is 3. The fourth-order valence-electron chi connectivity index (χ4n) is 2.74. The highest BCUT2D eigenvalue weighted by atomic mass is 16.5. The lowest BCUT2D eigenvalue weighted by Crippen LogP contribution is -2.34. The average Bonchev–Trinajstić information content (AvgIpc) is 3.12. The highest BCUT2D eigenvalue weighted by Gasteiger charge is 2.21. The van der Waals surface area contributed by atoms with Crippen LogP contribution < -0.4 is 15.4 Å². The van der Waals surface area contributed by atoms with Crippen LogP contribution in [0.5, 0.6) is 5.75 Å². The first-order valence-electron chi connectivity index (χ1n) is 8.29. The molecule has 0 radical (unpaired) electrons. The number of rotatable bonds is 5. The van der Waals surface area contributed by atoms with E-state index in [2.05, 4.69) is 21.7 Å². The van der Waals surface area contributed by atoms with E-state index in [1.54, 1.807) is 37.6 Å². The van der Waals surface area contributed by atoms with E-state index in [9.17, 15) is 4.79 Å². The molecule has 0 aliphatic heterocycles. The van der Waals surface area contributed by atoms with Gasteiger partial charge in [0.2, 0.25) is 0 Å². The fraction of sp³-hybridized carbons (Fsp3) is 0.150. The van der Waals surface area contributed by atoms with Crippen LogP contribution in [-0.4, -0.2) is 22.7 Å². The number of hydrogen-bond acceptors (Lipinski definition) is 4. The number of imidazole rings is 1. The first kappa shape index (κ1) is 18.0. The summed E-state index contributed by atoms with van der Waals surface area (Å²) in [4.78, 5) is 17.0. The summed E-state index contributed by atoms with van der Waals surface area (Å²) >= 11 is 0. The number of methoxy groups -OCH3 is 1. The zero-order valence-corrected chi connectivity index (χ0v) is 15.0. The van der Waals surface area contributed by atoms with Crippen molar-refractivity contribution in [2.45, 2.75) is 6.04 Å². The highest BCUT2D eigenvalue weighted by molar-refractivity contribution is 5.89. The van der Waals surface area contributed by atoms with Gasteiger partial charge in [0.1, 0.15) is 17.6 Å². The van der Waals surface area contributed by atoms with Crippen LogP contribution in [-0.2, 0) is 7.05 Å². The Bertz CT molecular complexity index is 990. The van der Waals surface area contributed by atoms with Gasteiger partial charge < -0.3 is 19.9 Å². The second kappa shape index (κ2) is 8.06. The molecule has 0 aliphatic carbocycles. The monoisotopic (exact) mass is 361 g/mol. The molecule has 1 unspecified atom stereocenters. The van der Waals surface area contributed by atoms with Gasteiger partial charge in [-0.05, 0) is 35.9 Å². The molecule has 27 heavy (non-hydrogen) atoms. The van der Waals surface area contributed by atoms with Crippen molar-refractivity contribution in [3.63, 3.8) is 0 Å².